The second-order valence-corrected chi connectivity index (χ2v) is 5.14. The Bertz CT molecular complexity index is 489. The van der Waals surface area contributed by atoms with E-state index in [0.29, 0.717) is 18.8 Å². The van der Waals surface area contributed by atoms with Crippen molar-refractivity contribution in [1.82, 2.24) is 10.2 Å². The molecule has 1 aromatic carbocycles. The van der Waals surface area contributed by atoms with E-state index in [1.165, 1.54) is 0 Å². The number of ether oxygens (including phenoxy) is 1. The van der Waals surface area contributed by atoms with Crippen LogP contribution >= 0.6 is 0 Å². The smallest absolute Gasteiger partial charge is 0.255 e. The minimum atomic E-state index is -2.54. The van der Waals surface area contributed by atoms with Crippen molar-refractivity contribution in [3.8, 4) is 0 Å². The zero-order chi connectivity index (χ0) is 15.2. The Morgan fingerprint density at radius 2 is 2.10 bits per heavy atom. The molecular formula is C15H20F2N2O2. The van der Waals surface area contributed by atoms with Crippen molar-refractivity contribution < 1.29 is 18.3 Å². The average Bonchev–Trinajstić information content (AvgIpc) is 2.48. The molecular weight excluding hydrogens is 278 g/mol. The molecule has 1 fully saturated rings. The molecule has 0 unspecified atom stereocenters. The number of hydrogen-bond acceptors (Lipinski definition) is 3. The van der Waals surface area contributed by atoms with E-state index in [1.54, 1.807) is 13.0 Å². The summed E-state index contributed by atoms with van der Waals surface area (Å²) in [4.78, 5) is 14.2. The van der Waals surface area contributed by atoms with Crippen molar-refractivity contribution in [3.63, 3.8) is 0 Å². The van der Waals surface area contributed by atoms with Crippen LogP contribution in [-0.2, 0) is 11.3 Å². The van der Waals surface area contributed by atoms with E-state index < -0.39 is 18.9 Å². The molecule has 0 radical (unpaired) electrons. The molecule has 116 valence electrons. The second-order valence-electron chi connectivity index (χ2n) is 5.14. The molecule has 0 atom stereocenters. The summed E-state index contributed by atoms with van der Waals surface area (Å²) in [6.07, 6.45) is -2.54. The van der Waals surface area contributed by atoms with Crippen LogP contribution in [0.2, 0.25) is 0 Å². The highest BCUT2D eigenvalue weighted by molar-refractivity contribution is 5.95. The molecule has 2 rings (SSSR count). The number of benzene rings is 1. The van der Waals surface area contributed by atoms with Gasteiger partial charge in [-0.25, -0.2) is 8.78 Å². The number of rotatable bonds is 5. The lowest BCUT2D eigenvalue weighted by molar-refractivity contribution is 0.0342. The van der Waals surface area contributed by atoms with E-state index in [0.717, 1.165) is 30.8 Å². The number of hydrogen-bond donors (Lipinski definition) is 1. The van der Waals surface area contributed by atoms with Gasteiger partial charge < -0.3 is 10.1 Å². The van der Waals surface area contributed by atoms with Gasteiger partial charge in [0.1, 0.15) is 0 Å². The molecule has 1 saturated heterocycles. The van der Waals surface area contributed by atoms with Gasteiger partial charge >= 0.3 is 0 Å². The third kappa shape index (κ3) is 4.75. The molecule has 1 heterocycles. The van der Waals surface area contributed by atoms with Crippen LogP contribution in [0.15, 0.2) is 18.2 Å². The minimum Gasteiger partial charge on any atom is -0.379 e. The van der Waals surface area contributed by atoms with Gasteiger partial charge in [-0.2, -0.15) is 0 Å². The molecule has 1 aromatic rings. The third-order valence-electron chi connectivity index (χ3n) is 3.47. The van der Waals surface area contributed by atoms with E-state index in [2.05, 4.69) is 10.2 Å². The normalized spacial score (nSPS) is 16.2. The molecule has 0 spiro atoms. The summed E-state index contributed by atoms with van der Waals surface area (Å²) in [6, 6.07) is 5.60. The van der Waals surface area contributed by atoms with Crippen LogP contribution in [0.4, 0.5) is 8.78 Å². The van der Waals surface area contributed by atoms with Gasteiger partial charge in [0.05, 0.1) is 19.8 Å². The largest absolute Gasteiger partial charge is 0.379 e. The lowest BCUT2D eigenvalue weighted by Crippen LogP contribution is -2.35. The van der Waals surface area contributed by atoms with E-state index in [4.69, 9.17) is 4.74 Å². The van der Waals surface area contributed by atoms with Crippen LogP contribution < -0.4 is 5.32 Å². The Morgan fingerprint density at radius 1 is 1.38 bits per heavy atom. The van der Waals surface area contributed by atoms with Crippen molar-refractivity contribution in [2.45, 2.75) is 19.9 Å². The summed E-state index contributed by atoms with van der Waals surface area (Å²) in [5, 5.41) is 2.25. The van der Waals surface area contributed by atoms with Gasteiger partial charge in [-0.15, -0.1) is 0 Å². The van der Waals surface area contributed by atoms with Crippen molar-refractivity contribution in [2.75, 3.05) is 32.8 Å². The number of aryl methyl sites for hydroxylation is 1. The molecule has 1 amide bonds. The Kier molecular flexibility index (Phi) is 5.64. The molecule has 4 nitrogen and oxygen atoms in total. The first-order chi connectivity index (χ1) is 10.1. The van der Waals surface area contributed by atoms with Crippen molar-refractivity contribution in [3.05, 3.63) is 34.9 Å². The Morgan fingerprint density at radius 3 is 2.76 bits per heavy atom. The standard InChI is InChI=1S/C15H20F2N2O2/c1-11-2-3-12(10-19-4-6-21-7-5-19)8-13(11)15(20)18-9-14(16)17/h2-3,8,14H,4-7,9-10H2,1H3,(H,18,20). The Hall–Kier alpha value is -1.53. The lowest BCUT2D eigenvalue weighted by atomic mass is 10.0. The predicted molar refractivity (Wildman–Crippen MR) is 75.6 cm³/mol. The topological polar surface area (TPSA) is 41.6 Å². The van der Waals surface area contributed by atoms with Gasteiger partial charge in [0, 0.05) is 25.2 Å². The van der Waals surface area contributed by atoms with Gasteiger partial charge in [-0.1, -0.05) is 12.1 Å². The molecule has 1 aliphatic heterocycles. The quantitative estimate of drug-likeness (QED) is 0.901. The first-order valence-corrected chi connectivity index (χ1v) is 7.02. The second kappa shape index (κ2) is 7.47. The fraction of sp³-hybridized carbons (Fsp3) is 0.533. The molecule has 0 aliphatic carbocycles. The number of morpholine rings is 1. The molecule has 0 saturated carbocycles. The van der Waals surface area contributed by atoms with Gasteiger partial charge in [-0.05, 0) is 24.1 Å². The summed E-state index contributed by atoms with van der Waals surface area (Å²) in [6.45, 7) is 5.07. The van der Waals surface area contributed by atoms with E-state index in [-0.39, 0.29) is 0 Å². The molecule has 6 heteroatoms. The SMILES string of the molecule is Cc1ccc(CN2CCOCC2)cc1C(=O)NCC(F)F. The van der Waals surface area contributed by atoms with E-state index in [1.807, 2.05) is 12.1 Å². The molecule has 21 heavy (non-hydrogen) atoms. The third-order valence-corrected chi connectivity index (χ3v) is 3.47. The van der Waals surface area contributed by atoms with Crippen LogP contribution in [0, 0.1) is 6.92 Å². The summed E-state index contributed by atoms with van der Waals surface area (Å²) in [5.74, 6) is -0.448. The Labute approximate surface area is 123 Å². The van der Waals surface area contributed by atoms with Gasteiger partial charge in [0.2, 0.25) is 0 Å². The maximum atomic E-state index is 12.2. The Balaban J connectivity index is 2.03. The molecule has 0 bridgehead atoms. The summed E-state index contributed by atoms with van der Waals surface area (Å²) in [5.41, 5.74) is 2.25. The predicted octanol–water partition coefficient (Wildman–Crippen LogP) is 1.82. The zero-order valence-electron chi connectivity index (χ0n) is 12.1. The van der Waals surface area contributed by atoms with Crippen LogP contribution in [0.5, 0.6) is 0 Å². The van der Waals surface area contributed by atoms with Gasteiger partial charge in [0.15, 0.2) is 0 Å². The number of carbonyl (C=O) groups is 1. The number of carbonyl (C=O) groups excluding carboxylic acids is 1. The van der Waals surface area contributed by atoms with Gasteiger partial charge in [-0.3, -0.25) is 9.69 Å². The summed E-state index contributed by atoms with van der Waals surface area (Å²) >= 11 is 0. The number of alkyl halides is 2. The maximum absolute atomic E-state index is 12.2. The summed E-state index contributed by atoms with van der Waals surface area (Å²) < 4.78 is 29.6. The maximum Gasteiger partial charge on any atom is 0.255 e. The number of nitrogens with one attached hydrogen (secondary N) is 1. The first kappa shape index (κ1) is 15.9. The highest BCUT2D eigenvalue weighted by atomic mass is 19.3. The molecule has 1 N–H and O–H groups in total. The fourth-order valence-corrected chi connectivity index (χ4v) is 2.29. The van der Waals surface area contributed by atoms with Crippen molar-refractivity contribution >= 4 is 5.91 Å². The monoisotopic (exact) mass is 298 g/mol. The minimum absolute atomic E-state index is 0.448. The number of nitrogens with zero attached hydrogens (tertiary/aromatic N) is 1. The van der Waals surface area contributed by atoms with Crippen LogP contribution in [-0.4, -0.2) is 50.1 Å². The van der Waals surface area contributed by atoms with E-state index >= 15 is 0 Å². The zero-order valence-corrected chi connectivity index (χ0v) is 12.1. The average molecular weight is 298 g/mol. The highest BCUT2D eigenvalue weighted by Gasteiger charge is 2.14. The fourth-order valence-electron chi connectivity index (χ4n) is 2.29. The van der Waals surface area contributed by atoms with Gasteiger partial charge in [0.25, 0.3) is 12.3 Å². The molecule has 1 aliphatic rings. The number of amides is 1. The first-order valence-electron chi connectivity index (χ1n) is 7.02. The van der Waals surface area contributed by atoms with Crippen LogP contribution in [0.25, 0.3) is 0 Å². The van der Waals surface area contributed by atoms with E-state index in [9.17, 15) is 13.6 Å². The lowest BCUT2D eigenvalue weighted by Gasteiger charge is -2.26. The van der Waals surface area contributed by atoms with Crippen LogP contribution in [0.1, 0.15) is 21.5 Å². The highest BCUT2D eigenvalue weighted by Crippen LogP contribution is 2.14. The van der Waals surface area contributed by atoms with Crippen LogP contribution in [0.3, 0.4) is 0 Å². The molecule has 0 aromatic heterocycles. The number of halogens is 2. The van der Waals surface area contributed by atoms with Crippen molar-refractivity contribution in [1.29, 1.82) is 0 Å². The summed E-state index contributed by atoms with van der Waals surface area (Å²) in [7, 11) is 0. The van der Waals surface area contributed by atoms with Crippen molar-refractivity contribution in [2.24, 2.45) is 0 Å².